The number of ether oxygens (including phenoxy) is 1. The third-order valence-electron chi connectivity index (χ3n) is 6.72. The molecule has 6 rings (SSSR count). The zero-order chi connectivity index (χ0) is 17.3. The average molecular weight is 348 g/mol. The highest BCUT2D eigenvalue weighted by atomic mass is 19.1. The van der Waals surface area contributed by atoms with E-state index in [2.05, 4.69) is 0 Å². The summed E-state index contributed by atoms with van der Waals surface area (Å²) in [4.78, 5) is 11.2. The molecule has 1 aromatic rings. The maximum atomic E-state index is 14.8. The number of benzene rings is 1. The van der Waals surface area contributed by atoms with Crippen molar-refractivity contribution in [1.29, 1.82) is 0 Å². The molecule has 3 nitrogen and oxygen atoms in total. The first-order valence-corrected chi connectivity index (χ1v) is 9.34. The lowest BCUT2D eigenvalue weighted by atomic mass is 9.53. The van der Waals surface area contributed by atoms with Crippen LogP contribution >= 0.6 is 0 Å². The maximum absolute atomic E-state index is 14.8. The predicted octanol–water partition coefficient (Wildman–Crippen LogP) is 4.70. The second-order valence-electron chi connectivity index (χ2n) is 8.65. The predicted molar refractivity (Wildman–Crippen MR) is 87.1 cm³/mol. The molecule has 5 aliphatic rings. The van der Waals surface area contributed by atoms with Crippen LogP contribution in [0.4, 0.5) is 8.78 Å². The van der Waals surface area contributed by atoms with Crippen molar-refractivity contribution in [3.8, 4) is 5.75 Å². The van der Waals surface area contributed by atoms with Gasteiger partial charge in [-0.1, -0.05) is 0 Å². The molecular weight excluding hydrogens is 326 g/mol. The minimum atomic E-state index is -1.25. The fraction of sp³-hybridized carbons (Fsp3) is 0.650. The number of hydrogen-bond donors (Lipinski definition) is 1. The van der Waals surface area contributed by atoms with Crippen LogP contribution in [0.15, 0.2) is 12.1 Å². The van der Waals surface area contributed by atoms with Gasteiger partial charge in [0.05, 0.1) is 5.56 Å². The zero-order valence-corrected chi connectivity index (χ0v) is 14.0. The number of carboxylic acids is 1. The zero-order valence-electron chi connectivity index (χ0n) is 14.0. The first-order chi connectivity index (χ1) is 11.9. The minimum absolute atomic E-state index is 0.0620. The summed E-state index contributed by atoms with van der Waals surface area (Å²) >= 11 is 0. The van der Waals surface area contributed by atoms with E-state index in [0.29, 0.717) is 30.9 Å². The first-order valence-electron chi connectivity index (χ1n) is 9.34. The lowest BCUT2D eigenvalue weighted by Crippen LogP contribution is -2.56. The second-order valence-corrected chi connectivity index (χ2v) is 8.65. The standard InChI is InChI=1S/C20H22F2O3/c21-16-6-17(14(11-1-2-11)5-15(16)19(23)24)25-18-12-3-10-4-13(18)9-20(22,7-10)8-12/h5-6,10-13,18H,1-4,7-9H2,(H,23,24)/t10?,12-,13-,18?,20?/m0/s1. The van der Waals surface area contributed by atoms with Gasteiger partial charge in [0.15, 0.2) is 0 Å². The number of rotatable bonds is 4. The highest BCUT2D eigenvalue weighted by Gasteiger charge is 2.57. The molecule has 0 saturated heterocycles. The van der Waals surface area contributed by atoms with Gasteiger partial charge < -0.3 is 9.84 Å². The molecule has 0 unspecified atom stereocenters. The van der Waals surface area contributed by atoms with Gasteiger partial charge in [-0.2, -0.15) is 0 Å². The van der Waals surface area contributed by atoms with Gasteiger partial charge >= 0.3 is 5.97 Å². The summed E-state index contributed by atoms with van der Waals surface area (Å²) < 4.78 is 35.3. The van der Waals surface area contributed by atoms with Gasteiger partial charge in [-0.05, 0) is 80.2 Å². The smallest absolute Gasteiger partial charge is 0.338 e. The van der Waals surface area contributed by atoms with Crippen molar-refractivity contribution in [3.05, 3.63) is 29.1 Å². The van der Waals surface area contributed by atoms with Crippen LogP contribution in [0.5, 0.6) is 5.75 Å². The van der Waals surface area contributed by atoms with Crippen molar-refractivity contribution in [3.63, 3.8) is 0 Å². The maximum Gasteiger partial charge on any atom is 0.338 e. The SMILES string of the molecule is O=C(O)c1cc(C2CC2)c(OC2[C@H]3CC4C[C@H]2CC(F)(C4)C3)cc1F. The van der Waals surface area contributed by atoms with Gasteiger partial charge in [-0.15, -0.1) is 0 Å². The van der Waals surface area contributed by atoms with Gasteiger partial charge in [-0.25, -0.2) is 13.6 Å². The van der Waals surface area contributed by atoms with Crippen molar-refractivity contribution >= 4 is 5.97 Å². The van der Waals surface area contributed by atoms with Crippen molar-refractivity contribution < 1.29 is 23.4 Å². The number of halogens is 2. The first kappa shape index (κ1) is 15.6. The van der Waals surface area contributed by atoms with Crippen molar-refractivity contribution in [1.82, 2.24) is 0 Å². The largest absolute Gasteiger partial charge is 0.489 e. The molecule has 2 atom stereocenters. The Labute approximate surface area is 145 Å². The molecule has 0 spiro atoms. The van der Waals surface area contributed by atoms with Crippen LogP contribution in [0.2, 0.25) is 0 Å². The number of hydrogen-bond acceptors (Lipinski definition) is 2. The number of alkyl halides is 1. The van der Waals surface area contributed by atoms with Crippen LogP contribution < -0.4 is 4.74 Å². The second kappa shape index (κ2) is 5.18. The van der Waals surface area contributed by atoms with Gasteiger partial charge in [0.1, 0.15) is 23.3 Å². The average Bonchev–Trinajstić information content (AvgIpc) is 3.33. The summed E-state index contributed by atoms with van der Waals surface area (Å²) in [5, 5.41) is 9.18. The Bertz CT molecular complexity index is 727. The Balaban J connectivity index is 1.46. The van der Waals surface area contributed by atoms with Crippen LogP contribution in [0.1, 0.15) is 66.8 Å². The highest BCUT2D eigenvalue weighted by Crippen LogP contribution is 2.58. The monoisotopic (exact) mass is 348 g/mol. The highest BCUT2D eigenvalue weighted by molar-refractivity contribution is 5.88. The number of aromatic carboxylic acids is 1. The van der Waals surface area contributed by atoms with E-state index in [1.165, 1.54) is 12.1 Å². The summed E-state index contributed by atoms with van der Waals surface area (Å²) in [6.07, 6.45) is 5.71. The lowest BCUT2D eigenvalue weighted by molar-refractivity contribution is -0.134. The van der Waals surface area contributed by atoms with Gasteiger partial charge in [0, 0.05) is 6.07 Å². The molecule has 5 aliphatic carbocycles. The van der Waals surface area contributed by atoms with Crippen LogP contribution in [0.3, 0.4) is 0 Å². The Kier molecular flexibility index (Phi) is 3.23. The van der Waals surface area contributed by atoms with E-state index in [-0.39, 0.29) is 29.4 Å². The molecule has 0 aromatic heterocycles. The molecule has 5 heteroatoms. The van der Waals surface area contributed by atoms with E-state index >= 15 is 0 Å². The van der Waals surface area contributed by atoms with E-state index < -0.39 is 17.5 Å². The van der Waals surface area contributed by atoms with Crippen molar-refractivity contribution in [2.24, 2.45) is 17.8 Å². The molecule has 4 bridgehead atoms. The van der Waals surface area contributed by atoms with Crippen molar-refractivity contribution in [2.45, 2.75) is 62.6 Å². The summed E-state index contributed by atoms with van der Waals surface area (Å²) in [5.74, 6) is -0.390. The Morgan fingerprint density at radius 1 is 1.16 bits per heavy atom. The van der Waals surface area contributed by atoms with Gasteiger partial charge in [0.2, 0.25) is 0 Å². The van der Waals surface area contributed by atoms with Crippen LogP contribution in [-0.2, 0) is 0 Å². The third kappa shape index (κ3) is 2.54. The van der Waals surface area contributed by atoms with Crippen LogP contribution in [-0.4, -0.2) is 22.8 Å². The van der Waals surface area contributed by atoms with Crippen LogP contribution in [0, 0.1) is 23.6 Å². The normalized spacial score (nSPS) is 38.8. The molecular formula is C20H22F2O3. The Morgan fingerprint density at radius 3 is 2.40 bits per heavy atom. The fourth-order valence-electron chi connectivity index (χ4n) is 5.77. The number of carboxylic acid groups (broad SMARTS) is 1. The molecule has 0 heterocycles. The van der Waals surface area contributed by atoms with E-state index in [4.69, 9.17) is 4.74 Å². The molecule has 1 N–H and O–H groups in total. The topological polar surface area (TPSA) is 46.5 Å². The number of carbonyl (C=O) groups is 1. The molecule has 0 radical (unpaired) electrons. The molecule has 5 fully saturated rings. The molecule has 25 heavy (non-hydrogen) atoms. The van der Waals surface area contributed by atoms with E-state index in [9.17, 15) is 18.7 Å². The van der Waals surface area contributed by atoms with E-state index in [0.717, 1.165) is 31.2 Å². The fourth-order valence-corrected chi connectivity index (χ4v) is 5.77. The van der Waals surface area contributed by atoms with Crippen molar-refractivity contribution in [2.75, 3.05) is 0 Å². The summed E-state index contributed by atoms with van der Waals surface area (Å²) in [7, 11) is 0. The summed E-state index contributed by atoms with van der Waals surface area (Å²) in [6.45, 7) is 0. The Morgan fingerprint density at radius 2 is 1.84 bits per heavy atom. The summed E-state index contributed by atoms with van der Waals surface area (Å²) in [6, 6.07) is 2.69. The lowest BCUT2D eigenvalue weighted by Gasteiger charge is -2.56. The molecule has 1 aromatic carbocycles. The van der Waals surface area contributed by atoms with E-state index in [1.807, 2.05) is 0 Å². The minimum Gasteiger partial charge on any atom is -0.489 e. The quantitative estimate of drug-likeness (QED) is 0.858. The third-order valence-corrected chi connectivity index (χ3v) is 6.72. The van der Waals surface area contributed by atoms with E-state index in [1.54, 1.807) is 0 Å². The van der Waals surface area contributed by atoms with Crippen LogP contribution in [0.25, 0.3) is 0 Å². The molecule has 0 aliphatic heterocycles. The molecule has 134 valence electrons. The van der Waals surface area contributed by atoms with Gasteiger partial charge in [-0.3, -0.25) is 0 Å². The Hall–Kier alpha value is -1.65. The summed E-state index contributed by atoms with van der Waals surface area (Å²) in [5.41, 5.74) is -0.502. The van der Waals surface area contributed by atoms with Gasteiger partial charge in [0.25, 0.3) is 0 Å². The molecule has 0 amide bonds. The molecule has 5 saturated carbocycles.